The molecule has 0 fully saturated rings. The zero-order valence-electron chi connectivity index (χ0n) is 16.0. The molecular weight excluding hydrogens is 444 g/mol. The lowest BCUT2D eigenvalue weighted by molar-refractivity contribution is -0.123. The molecule has 9 heteroatoms. The van der Waals surface area contributed by atoms with Crippen molar-refractivity contribution in [3.05, 3.63) is 81.8 Å². The summed E-state index contributed by atoms with van der Waals surface area (Å²) in [6.07, 6.45) is 2.52. The largest absolute Gasteiger partial charge is 0.508 e. The van der Waals surface area contributed by atoms with E-state index in [1.165, 1.54) is 41.6 Å². The van der Waals surface area contributed by atoms with Gasteiger partial charge in [0.1, 0.15) is 11.6 Å². The topological polar surface area (TPSA) is 82.5 Å². The van der Waals surface area contributed by atoms with E-state index in [9.17, 15) is 19.1 Å². The third-order valence-corrected chi connectivity index (χ3v) is 5.58. The van der Waals surface area contributed by atoms with Crippen LogP contribution in [0.25, 0.3) is 0 Å². The van der Waals surface area contributed by atoms with E-state index in [1.807, 2.05) is 0 Å². The van der Waals surface area contributed by atoms with Crippen molar-refractivity contribution in [1.82, 2.24) is 4.98 Å². The first-order valence-corrected chi connectivity index (χ1v) is 10.1. The SMILES string of the molecule is O=C(CC1C(=O)N(Cc2ccc(F)cc2)c2ccc(O)cc21)Nc1c(Cl)cncc1Cl. The Morgan fingerprint density at radius 2 is 1.81 bits per heavy atom. The van der Waals surface area contributed by atoms with Crippen LogP contribution in [0, 0.1) is 5.82 Å². The van der Waals surface area contributed by atoms with E-state index in [-0.39, 0.29) is 46.2 Å². The first-order chi connectivity index (χ1) is 14.8. The molecular formula is C22H16Cl2FN3O3. The van der Waals surface area contributed by atoms with Crippen LogP contribution >= 0.6 is 23.2 Å². The number of rotatable bonds is 5. The number of halogens is 3. The Hall–Kier alpha value is -3.16. The van der Waals surface area contributed by atoms with Crippen molar-refractivity contribution in [2.75, 3.05) is 10.2 Å². The van der Waals surface area contributed by atoms with Crippen LogP contribution < -0.4 is 10.2 Å². The molecule has 0 aliphatic carbocycles. The molecule has 1 aliphatic rings. The number of benzene rings is 2. The molecule has 0 radical (unpaired) electrons. The van der Waals surface area contributed by atoms with Gasteiger partial charge in [-0.15, -0.1) is 0 Å². The molecule has 0 bridgehead atoms. The highest BCUT2D eigenvalue weighted by Crippen LogP contribution is 2.42. The van der Waals surface area contributed by atoms with E-state index in [2.05, 4.69) is 10.3 Å². The molecule has 0 spiro atoms. The number of phenols is 1. The normalized spacial score (nSPS) is 15.1. The zero-order valence-corrected chi connectivity index (χ0v) is 17.5. The van der Waals surface area contributed by atoms with Crippen LogP contribution in [-0.4, -0.2) is 21.9 Å². The maximum atomic E-state index is 13.2. The average Bonchev–Trinajstić information content (AvgIpc) is 2.97. The Morgan fingerprint density at radius 1 is 1.13 bits per heavy atom. The van der Waals surface area contributed by atoms with E-state index in [0.29, 0.717) is 11.3 Å². The monoisotopic (exact) mass is 459 g/mol. The van der Waals surface area contributed by atoms with Crippen molar-refractivity contribution >= 4 is 46.4 Å². The first-order valence-electron chi connectivity index (χ1n) is 9.31. The smallest absolute Gasteiger partial charge is 0.235 e. The third-order valence-electron chi connectivity index (χ3n) is 5.00. The molecule has 1 atom stereocenters. The maximum Gasteiger partial charge on any atom is 0.235 e. The zero-order chi connectivity index (χ0) is 22.1. The van der Waals surface area contributed by atoms with Gasteiger partial charge in [0.25, 0.3) is 0 Å². The van der Waals surface area contributed by atoms with Gasteiger partial charge in [0.15, 0.2) is 0 Å². The molecule has 2 aromatic carbocycles. The summed E-state index contributed by atoms with van der Waals surface area (Å²) >= 11 is 12.1. The van der Waals surface area contributed by atoms with E-state index in [0.717, 1.165) is 5.56 Å². The highest BCUT2D eigenvalue weighted by molar-refractivity contribution is 6.39. The minimum Gasteiger partial charge on any atom is -0.508 e. The molecule has 1 unspecified atom stereocenters. The molecule has 3 aromatic rings. The fourth-order valence-electron chi connectivity index (χ4n) is 3.55. The summed E-state index contributed by atoms with van der Waals surface area (Å²) in [7, 11) is 0. The summed E-state index contributed by atoms with van der Waals surface area (Å²) in [4.78, 5) is 31.2. The van der Waals surface area contributed by atoms with E-state index < -0.39 is 11.8 Å². The molecule has 2 amide bonds. The number of fused-ring (bicyclic) bond motifs is 1. The second kappa shape index (κ2) is 8.53. The van der Waals surface area contributed by atoms with Gasteiger partial charge in [-0.3, -0.25) is 14.6 Å². The van der Waals surface area contributed by atoms with E-state index in [4.69, 9.17) is 23.2 Å². The molecule has 1 aromatic heterocycles. The molecule has 4 rings (SSSR count). The Kier molecular flexibility index (Phi) is 5.80. The molecule has 6 nitrogen and oxygen atoms in total. The molecule has 0 saturated heterocycles. The fraction of sp³-hybridized carbons (Fsp3) is 0.136. The van der Waals surface area contributed by atoms with Gasteiger partial charge >= 0.3 is 0 Å². The number of hydrogen-bond donors (Lipinski definition) is 2. The third kappa shape index (κ3) is 4.33. The Labute approximate surface area is 187 Å². The second-order valence-electron chi connectivity index (χ2n) is 7.08. The van der Waals surface area contributed by atoms with E-state index in [1.54, 1.807) is 18.2 Å². The van der Waals surface area contributed by atoms with Gasteiger partial charge in [-0.25, -0.2) is 4.39 Å². The lowest BCUT2D eigenvalue weighted by Gasteiger charge is -2.18. The van der Waals surface area contributed by atoms with Crippen LogP contribution in [-0.2, 0) is 16.1 Å². The number of hydrogen-bond acceptors (Lipinski definition) is 4. The van der Waals surface area contributed by atoms with Crippen LogP contribution in [0.4, 0.5) is 15.8 Å². The van der Waals surface area contributed by atoms with Crippen molar-refractivity contribution in [2.45, 2.75) is 18.9 Å². The maximum absolute atomic E-state index is 13.2. The first kappa shape index (κ1) is 21.1. The van der Waals surface area contributed by atoms with Gasteiger partial charge in [0, 0.05) is 24.5 Å². The number of anilines is 2. The molecule has 2 N–H and O–H groups in total. The van der Waals surface area contributed by atoms with Gasteiger partial charge in [-0.2, -0.15) is 0 Å². The molecule has 0 saturated carbocycles. The number of pyridine rings is 1. The minimum atomic E-state index is -0.804. The standard InChI is InChI=1S/C22H16Cl2FN3O3/c23-17-9-26-10-18(24)21(17)27-20(30)8-16-15-7-14(29)5-6-19(15)28(22(16)31)11-12-1-3-13(25)4-2-12/h1-7,9-10,16,29H,8,11H2,(H,26,27,30). The lowest BCUT2D eigenvalue weighted by atomic mass is 9.96. The minimum absolute atomic E-state index is 0.0131. The van der Waals surface area contributed by atoms with E-state index >= 15 is 0 Å². The second-order valence-corrected chi connectivity index (χ2v) is 7.89. The van der Waals surface area contributed by atoms with Crippen LogP contribution in [0.1, 0.15) is 23.5 Å². The van der Waals surface area contributed by atoms with Gasteiger partial charge in [0.2, 0.25) is 11.8 Å². The highest BCUT2D eigenvalue weighted by Gasteiger charge is 2.38. The Bertz CT molecular complexity index is 1150. The quantitative estimate of drug-likeness (QED) is 0.568. The Morgan fingerprint density at radius 3 is 2.48 bits per heavy atom. The fourth-order valence-corrected chi connectivity index (χ4v) is 4.01. The summed E-state index contributed by atoms with van der Waals surface area (Å²) in [5.74, 6) is -1.95. The summed E-state index contributed by atoms with van der Waals surface area (Å²) in [5.41, 5.74) is 2.07. The van der Waals surface area contributed by atoms with Gasteiger partial charge in [-0.05, 0) is 41.5 Å². The lowest BCUT2D eigenvalue weighted by Crippen LogP contribution is -2.30. The van der Waals surface area contributed by atoms with Crippen LogP contribution in [0.5, 0.6) is 5.75 Å². The number of aromatic nitrogens is 1. The molecule has 2 heterocycles. The number of carbonyl (C=O) groups excluding carboxylic acids is 2. The van der Waals surface area contributed by atoms with Crippen LogP contribution in [0.15, 0.2) is 54.9 Å². The number of carbonyl (C=O) groups is 2. The predicted molar refractivity (Wildman–Crippen MR) is 116 cm³/mol. The van der Waals surface area contributed by atoms with Crippen molar-refractivity contribution in [3.63, 3.8) is 0 Å². The van der Waals surface area contributed by atoms with Crippen LogP contribution in [0.2, 0.25) is 10.0 Å². The average molecular weight is 460 g/mol. The molecule has 158 valence electrons. The van der Waals surface area contributed by atoms with Crippen molar-refractivity contribution in [2.24, 2.45) is 0 Å². The molecule has 1 aliphatic heterocycles. The van der Waals surface area contributed by atoms with Crippen LogP contribution in [0.3, 0.4) is 0 Å². The summed E-state index contributed by atoms with van der Waals surface area (Å²) < 4.78 is 13.2. The number of phenolic OH excluding ortho intramolecular Hbond substituents is 1. The number of nitrogens with zero attached hydrogens (tertiary/aromatic N) is 2. The van der Waals surface area contributed by atoms with Crippen molar-refractivity contribution < 1.29 is 19.1 Å². The summed E-state index contributed by atoms with van der Waals surface area (Å²) in [6.45, 7) is 0.205. The van der Waals surface area contributed by atoms with Gasteiger partial charge in [-0.1, -0.05) is 35.3 Å². The van der Waals surface area contributed by atoms with Gasteiger partial charge < -0.3 is 15.3 Å². The van der Waals surface area contributed by atoms with Crippen molar-refractivity contribution in [1.29, 1.82) is 0 Å². The molecule has 31 heavy (non-hydrogen) atoms. The van der Waals surface area contributed by atoms with Gasteiger partial charge in [0.05, 0.1) is 28.2 Å². The predicted octanol–water partition coefficient (Wildman–Crippen LogP) is 4.89. The summed E-state index contributed by atoms with van der Waals surface area (Å²) in [5, 5.41) is 12.9. The summed E-state index contributed by atoms with van der Waals surface area (Å²) in [6, 6.07) is 10.4. The highest BCUT2D eigenvalue weighted by atomic mass is 35.5. The number of aromatic hydroxyl groups is 1. The Balaban J connectivity index is 1.59. The van der Waals surface area contributed by atoms with Crippen molar-refractivity contribution in [3.8, 4) is 5.75 Å². The number of amides is 2. The number of nitrogens with one attached hydrogen (secondary N) is 1.